The quantitative estimate of drug-likeness (QED) is 0.863. The molecule has 4 rings (SSSR count). The van der Waals surface area contributed by atoms with Gasteiger partial charge in [-0.05, 0) is 30.4 Å². The zero-order valence-corrected chi connectivity index (χ0v) is 12.9. The molecule has 2 unspecified atom stereocenters. The standard InChI is InChI=1S/C17H21N5/c1-13-5-17(20-12-19-13)22-10-15-8-21(9-16(15)11-22)7-14-3-2-4-18-6-14/h2-6,12,15-16H,7-11H2,1H3. The second-order valence-corrected chi connectivity index (χ2v) is 6.50. The molecule has 0 saturated carbocycles. The zero-order valence-electron chi connectivity index (χ0n) is 12.9. The first-order chi connectivity index (χ1) is 10.8. The van der Waals surface area contributed by atoms with Crippen LogP contribution in [0.3, 0.4) is 0 Å². The van der Waals surface area contributed by atoms with Crippen molar-refractivity contribution in [2.75, 3.05) is 31.1 Å². The molecule has 22 heavy (non-hydrogen) atoms. The van der Waals surface area contributed by atoms with Gasteiger partial charge in [-0.1, -0.05) is 6.07 Å². The second kappa shape index (κ2) is 5.65. The van der Waals surface area contributed by atoms with Gasteiger partial charge in [0.05, 0.1) is 0 Å². The van der Waals surface area contributed by atoms with Gasteiger partial charge in [-0.25, -0.2) is 9.97 Å². The Bertz CT molecular complexity index is 631. The number of fused-ring (bicyclic) bond motifs is 1. The van der Waals surface area contributed by atoms with Crippen molar-refractivity contribution >= 4 is 5.82 Å². The number of likely N-dealkylation sites (tertiary alicyclic amines) is 1. The monoisotopic (exact) mass is 295 g/mol. The molecular weight excluding hydrogens is 274 g/mol. The molecular formula is C17H21N5. The molecule has 114 valence electrons. The van der Waals surface area contributed by atoms with Crippen molar-refractivity contribution in [2.24, 2.45) is 11.8 Å². The molecule has 0 amide bonds. The average molecular weight is 295 g/mol. The van der Waals surface area contributed by atoms with Crippen molar-refractivity contribution in [3.8, 4) is 0 Å². The van der Waals surface area contributed by atoms with Crippen LogP contribution in [0.2, 0.25) is 0 Å². The summed E-state index contributed by atoms with van der Waals surface area (Å²) in [6, 6.07) is 6.27. The largest absolute Gasteiger partial charge is 0.356 e. The summed E-state index contributed by atoms with van der Waals surface area (Å²) in [5.74, 6) is 2.60. The topological polar surface area (TPSA) is 45.2 Å². The molecule has 2 fully saturated rings. The Hall–Kier alpha value is -2.01. The van der Waals surface area contributed by atoms with E-state index in [-0.39, 0.29) is 0 Å². The van der Waals surface area contributed by atoms with Gasteiger partial charge < -0.3 is 4.90 Å². The first-order valence-electron chi connectivity index (χ1n) is 7.93. The summed E-state index contributed by atoms with van der Waals surface area (Å²) in [7, 11) is 0. The van der Waals surface area contributed by atoms with Crippen LogP contribution in [0, 0.1) is 18.8 Å². The Kier molecular flexibility index (Phi) is 3.50. The van der Waals surface area contributed by atoms with Crippen LogP contribution in [-0.2, 0) is 6.54 Å². The Morgan fingerprint density at radius 1 is 1.14 bits per heavy atom. The summed E-state index contributed by atoms with van der Waals surface area (Å²) in [5.41, 5.74) is 2.35. The number of rotatable bonds is 3. The minimum atomic E-state index is 0.756. The van der Waals surface area contributed by atoms with Crippen molar-refractivity contribution in [3.63, 3.8) is 0 Å². The van der Waals surface area contributed by atoms with E-state index in [1.807, 2.05) is 25.4 Å². The Balaban J connectivity index is 1.38. The fourth-order valence-electron chi connectivity index (χ4n) is 3.77. The minimum absolute atomic E-state index is 0.756. The lowest BCUT2D eigenvalue weighted by atomic mass is 10.0. The maximum atomic E-state index is 4.43. The lowest BCUT2D eigenvalue weighted by Crippen LogP contribution is -2.29. The third kappa shape index (κ3) is 2.68. The van der Waals surface area contributed by atoms with Crippen LogP contribution in [0.25, 0.3) is 0 Å². The van der Waals surface area contributed by atoms with Gasteiger partial charge in [0.15, 0.2) is 0 Å². The molecule has 0 aromatic carbocycles. The highest BCUT2D eigenvalue weighted by molar-refractivity contribution is 5.40. The van der Waals surface area contributed by atoms with Gasteiger partial charge in [-0.15, -0.1) is 0 Å². The number of hydrogen-bond acceptors (Lipinski definition) is 5. The van der Waals surface area contributed by atoms with Crippen LogP contribution >= 0.6 is 0 Å². The van der Waals surface area contributed by atoms with E-state index in [4.69, 9.17) is 0 Å². The maximum Gasteiger partial charge on any atom is 0.132 e. The maximum absolute atomic E-state index is 4.43. The number of nitrogens with zero attached hydrogens (tertiary/aromatic N) is 5. The lowest BCUT2D eigenvalue weighted by Gasteiger charge is -2.22. The van der Waals surface area contributed by atoms with Crippen LogP contribution < -0.4 is 4.90 Å². The smallest absolute Gasteiger partial charge is 0.132 e. The van der Waals surface area contributed by atoms with E-state index in [1.165, 1.54) is 18.7 Å². The van der Waals surface area contributed by atoms with E-state index in [0.717, 1.165) is 43.0 Å². The zero-order chi connectivity index (χ0) is 14.9. The van der Waals surface area contributed by atoms with Crippen LogP contribution in [0.15, 0.2) is 36.9 Å². The summed E-state index contributed by atoms with van der Waals surface area (Å²) in [6.07, 6.45) is 5.49. The molecule has 2 aliphatic heterocycles. The minimum Gasteiger partial charge on any atom is -0.356 e. The summed E-state index contributed by atoms with van der Waals surface area (Å²) in [5, 5.41) is 0. The van der Waals surface area contributed by atoms with Crippen molar-refractivity contribution < 1.29 is 0 Å². The van der Waals surface area contributed by atoms with Crippen molar-refractivity contribution in [3.05, 3.63) is 48.2 Å². The van der Waals surface area contributed by atoms with E-state index in [0.29, 0.717) is 0 Å². The lowest BCUT2D eigenvalue weighted by molar-refractivity contribution is 0.308. The molecule has 2 atom stereocenters. The normalized spacial score (nSPS) is 24.7. The molecule has 2 saturated heterocycles. The number of hydrogen-bond donors (Lipinski definition) is 0. The molecule has 2 aromatic heterocycles. The van der Waals surface area contributed by atoms with Gasteiger partial charge in [0.2, 0.25) is 0 Å². The van der Waals surface area contributed by atoms with Crippen LogP contribution in [0.1, 0.15) is 11.3 Å². The molecule has 4 heterocycles. The summed E-state index contributed by atoms with van der Waals surface area (Å²) >= 11 is 0. The van der Waals surface area contributed by atoms with Crippen molar-refractivity contribution in [2.45, 2.75) is 13.5 Å². The summed E-state index contributed by atoms with van der Waals surface area (Å²) < 4.78 is 0. The van der Waals surface area contributed by atoms with E-state index in [2.05, 4.69) is 36.9 Å². The molecule has 5 heteroatoms. The average Bonchev–Trinajstić information content (AvgIpc) is 3.06. The predicted octanol–water partition coefficient (Wildman–Crippen LogP) is 1.75. The van der Waals surface area contributed by atoms with Gasteiger partial charge in [-0.2, -0.15) is 0 Å². The van der Waals surface area contributed by atoms with Gasteiger partial charge in [-0.3, -0.25) is 9.88 Å². The number of pyridine rings is 1. The number of anilines is 1. The second-order valence-electron chi connectivity index (χ2n) is 6.50. The molecule has 0 N–H and O–H groups in total. The van der Waals surface area contributed by atoms with Gasteiger partial charge in [0.25, 0.3) is 0 Å². The summed E-state index contributed by atoms with van der Waals surface area (Å²) in [4.78, 5) is 17.8. The number of aryl methyl sites for hydroxylation is 1. The molecule has 2 aromatic rings. The number of aromatic nitrogens is 3. The molecule has 0 aliphatic carbocycles. The Morgan fingerprint density at radius 3 is 2.64 bits per heavy atom. The van der Waals surface area contributed by atoms with Crippen LogP contribution in [-0.4, -0.2) is 46.0 Å². The van der Waals surface area contributed by atoms with Gasteiger partial charge in [0.1, 0.15) is 12.1 Å². The molecule has 0 radical (unpaired) electrons. The van der Waals surface area contributed by atoms with E-state index in [1.54, 1.807) is 6.33 Å². The Morgan fingerprint density at radius 2 is 1.95 bits per heavy atom. The van der Waals surface area contributed by atoms with Gasteiger partial charge >= 0.3 is 0 Å². The first kappa shape index (κ1) is 13.6. The van der Waals surface area contributed by atoms with E-state index in [9.17, 15) is 0 Å². The SMILES string of the molecule is Cc1cc(N2CC3CN(Cc4cccnc4)CC3C2)ncn1. The predicted molar refractivity (Wildman–Crippen MR) is 85.5 cm³/mol. The molecule has 0 spiro atoms. The third-order valence-electron chi connectivity index (χ3n) is 4.80. The van der Waals surface area contributed by atoms with Crippen molar-refractivity contribution in [1.29, 1.82) is 0 Å². The van der Waals surface area contributed by atoms with Crippen molar-refractivity contribution in [1.82, 2.24) is 19.9 Å². The highest BCUT2D eigenvalue weighted by Gasteiger charge is 2.40. The van der Waals surface area contributed by atoms with Gasteiger partial charge in [0, 0.05) is 56.9 Å². The van der Waals surface area contributed by atoms with E-state index < -0.39 is 0 Å². The highest BCUT2D eigenvalue weighted by atomic mass is 15.3. The van der Waals surface area contributed by atoms with Crippen LogP contribution in [0.4, 0.5) is 5.82 Å². The molecule has 5 nitrogen and oxygen atoms in total. The third-order valence-corrected chi connectivity index (χ3v) is 4.80. The van der Waals surface area contributed by atoms with E-state index >= 15 is 0 Å². The fraction of sp³-hybridized carbons (Fsp3) is 0.471. The fourth-order valence-corrected chi connectivity index (χ4v) is 3.77. The van der Waals surface area contributed by atoms with Crippen LogP contribution in [0.5, 0.6) is 0 Å². The summed E-state index contributed by atoms with van der Waals surface area (Å²) in [6.45, 7) is 7.64. The molecule has 2 aliphatic rings. The Labute approximate surface area is 131 Å². The first-order valence-corrected chi connectivity index (χ1v) is 7.93. The molecule has 0 bridgehead atoms. The highest BCUT2D eigenvalue weighted by Crippen LogP contribution is 2.33.